The van der Waals surface area contributed by atoms with Crippen LogP contribution in [0.5, 0.6) is 0 Å². The Kier molecular flexibility index (Phi) is 5.40. The molecule has 27 heavy (non-hydrogen) atoms. The maximum Gasteiger partial charge on any atom is 0.371 e. The van der Waals surface area contributed by atoms with E-state index in [4.69, 9.17) is 4.74 Å². The molecule has 0 radical (unpaired) electrons. The van der Waals surface area contributed by atoms with Crippen LogP contribution in [-0.2, 0) is 20.6 Å². The van der Waals surface area contributed by atoms with E-state index in [0.717, 1.165) is 32.1 Å². The number of alkyl halides is 4. The molecule has 4 aliphatic carbocycles. The molecule has 4 aliphatic rings. The summed E-state index contributed by atoms with van der Waals surface area (Å²) in [5.41, 5.74) is -1.06. The topological polar surface area (TPSA) is 86.7 Å². The molecule has 10 heteroatoms. The van der Waals surface area contributed by atoms with Crippen LogP contribution >= 0.6 is 0 Å². The largest absolute Gasteiger partial charge is 0.768 e. The zero-order valence-electron chi connectivity index (χ0n) is 14.7. The van der Waals surface area contributed by atoms with E-state index in [1.807, 2.05) is 0 Å². The highest BCUT2D eigenvalue weighted by molar-refractivity contribution is 7.80. The predicted octanol–water partition coefficient (Wildman–Crippen LogP) is 3.14. The average Bonchev–Trinajstić information content (AvgIpc) is 2.48. The highest BCUT2D eigenvalue weighted by atomic mass is 32.2. The maximum absolute atomic E-state index is 13.3. The lowest BCUT2D eigenvalue weighted by molar-refractivity contribution is -0.178. The number of hydrogen-bond donors (Lipinski definition) is 1. The molecule has 0 aromatic heterocycles. The Hall–Kier alpha value is -0.740. The second-order valence-corrected chi connectivity index (χ2v) is 9.62. The number of ether oxygens (including phenoxy) is 1. The number of carbonyl (C=O) groups is 1. The number of hydrogen-bond acceptors (Lipinski definition) is 5. The van der Waals surface area contributed by atoms with E-state index in [9.17, 15) is 36.2 Å². The van der Waals surface area contributed by atoms with Gasteiger partial charge >= 0.3 is 17.1 Å². The fourth-order valence-electron chi connectivity index (χ4n) is 5.71. The van der Waals surface area contributed by atoms with Gasteiger partial charge in [0, 0.05) is 17.5 Å². The van der Waals surface area contributed by atoms with E-state index in [2.05, 4.69) is 0 Å². The molecule has 3 unspecified atom stereocenters. The van der Waals surface area contributed by atoms with Crippen molar-refractivity contribution in [2.24, 2.45) is 17.3 Å². The molecule has 3 atom stereocenters. The van der Waals surface area contributed by atoms with Crippen molar-refractivity contribution in [3.63, 3.8) is 0 Å². The first-order valence-corrected chi connectivity index (χ1v) is 10.2. The molecular formula is C17H23F4O5S-. The van der Waals surface area contributed by atoms with E-state index < -0.39 is 53.3 Å². The molecule has 4 saturated carbocycles. The Morgan fingerprint density at radius 1 is 1.19 bits per heavy atom. The van der Waals surface area contributed by atoms with Gasteiger partial charge in [0.15, 0.2) is 0 Å². The van der Waals surface area contributed by atoms with Gasteiger partial charge in [0.1, 0.15) is 0 Å². The summed E-state index contributed by atoms with van der Waals surface area (Å²) in [4.78, 5) is 12.1. The van der Waals surface area contributed by atoms with Crippen molar-refractivity contribution in [2.45, 2.75) is 74.6 Å². The van der Waals surface area contributed by atoms with Crippen molar-refractivity contribution in [1.82, 2.24) is 0 Å². The van der Waals surface area contributed by atoms with Gasteiger partial charge in [-0.3, -0.25) is 9.00 Å². The Morgan fingerprint density at radius 2 is 1.78 bits per heavy atom. The Labute approximate surface area is 157 Å². The molecule has 0 spiro atoms. The molecule has 0 amide bonds. The molecule has 4 rings (SSSR count). The average molecular weight is 415 g/mol. The van der Waals surface area contributed by atoms with Crippen molar-refractivity contribution in [2.75, 3.05) is 6.61 Å². The van der Waals surface area contributed by atoms with Crippen LogP contribution in [0.15, 0.2) is 0 Å². The van der Waals surface area contributed by atoms with Crippen LogP contribution in [0.3, 0.4) is 0 Å². The van der Waals surface area contributed by atoms with E-state index in [-0.39, 0.29) is 11.8 Å². The summed E-state index contributed by atoms with van der Waals surface area (Å²) in [6.45, 7) is -0.483. The minimum atomic E-state index is -5.16. The summed E-state index contributed by atoms with van der Waals surface area (Å²) in [6, 6.07) is 0. The monoisotopic (exact) mass is 415 g/mol. The molecule has 0 aliphatic heterocycles. The van der Waals surface area contributed by atoms with Crippen LogP contribution in [0.4, 0.5) is 17.6 Å². The first kappa shape index (κ1) is 21.0. The highest BCUT2D eigenvalue weighted by Gasteiger charge is 2.58. The summed E-state index contributed by atoms with van der Waals surface area (Å²) >= 11 is -4.24. The van der Waals surface area contributed by atoms with Crippen LogP contribution in [0.1, 0.15) is 57.8 Å². The lowest BCUT2D eigenvalue weighted by atomic mass is 9.47. The SMILES string of the molecule is O=C(CC12CC3CC(CC(O)(C3)C1)C2)OCCCC(F)(F)C(F)(F)S(=O)[O-]. The fraction of sp³-hybridized carbons (Fsp3) is 0.941. The summed E-state index contributed by atoms with van der Waals surface area (Å²) < 4.78 is 77.9. The first-order valence-electron chi connectivity index (χ1n) is 9.10. The van der Waals surface area contributed by atoms with E-state index in [1.165, 1.54) is 0 Å². The molecule has 0 saturated heterocycles. The van der Waals surface area contributed by atoms with Crippen LogP contribution < -0.4 is 0 Å². The van der Waals surface area contributed by atoms with Gasteiger partial charge in [-0.2, -0.15) is 17.6 Å². The maximum atomic E-state index is 13.3. The zero-order valence-corrected chi connectivity index (χ0v) is 15.5. The van der Waals surface area contributed by atoms with Crippen LogP contribution in [0, 0.1) is 17.3 Å². The molecule has 0 aromatic carbocycles. The van der Waals surface area contributed by atoms with Gasteiger partial charge in [-0.1, -0.05) is 0 Å². The summed E-state index contributed by atoms with van der Waals surface area (Å²) in [6.07, 6.45) is 2.87. The van der Waals surface area contributed by atoms with E-state index in [1.54, 1.807) is 0 Å². The van der Waals surface area contributed by atoms with E-state index in [0.29, 0.717) is 18.3 Å². The van der Waals surface area contributed by atoms with Crippen molar-refractivity contribution in [1.29, 1.82) is 0 Å². The molecule has 0 aromatic rings. The fourth-order valence-corrected chi connectivity index (χ4v) is 6.06. The standard InChI is InChI=1S/C17H24F4O5S/c18-16(19,17(20,21)27(24)25)2-1-3-26-13(22)9-14-5-11-4-12(6-14)8-15(23,7-11)10-14/h11-12,23H,1-10H2,(H,24,25)/p-1. The summed E-state index contributed by atoms with van der Waals surface area (Å²) in [5.74, 6) is -4.55. The number of rotatable bonds is 8. The quantitative estimate of drug-likeness (QED) is 0.285. The predicted molar refractivity (Wildman–Crippen MR) is 85.7 cm³/mol. The van der Waals surface area contributed by atoms with Gasteiger partial charge in [0.05, 0.1) is 18.6 Å². The second kappa shape index (κ2) is 6.95. The van der Waals surface area contributed by atoms with E-state index >= 15 is 0 Å². The Bertz CT molecular complexity index is 612. The van der Waals surface area contributed by atoms with Crippen molar-refractivity contribution in [3.8, 4) is 0 Å². The third-order valence-corrected chi connectivity index (χ3v) is 6.92. The van der Waals surface area contributed by atoms with Crippen LogP contribution in [-0.4, -0.2) is 43.2 Å². The first-order chi connectivity index (χ1) is 12.4. The Balaban J connectivity index is 1.46. The van der Waals surface area contributed by atoms with Gasteiger partial charge in [0.2, 0.25) is 0 Å². The number of halogens is 4. The minimum absolute atomic E-state index is 0.0828. The summed E-state index contributed by atoms with van der Waals surface area (Å²) in [7, 11) is 0. The highest BCUT2D eigenvalue weighted by Crippen LogP contribution is 2.62. The van der Waals surface area contributed by atoms with Gasteiger partial charge in [-0.05, 0) is 62.2 Å². The third kappa shape index (κ3) is 4.17. The summed E-state index contributed by atoms with van der Waals surface area (Å²) in [5, 5.41) is 5.49. The van der Waals surface area contributed by atoms with Crippen LogP contribution in [0.2, 0.25) is 0 Å². The van der Waals surface area contributed by atoms with Gasteiger partial charge in [-0.15, -0.1) is 0 Å². The second-order valence-electron chi connectivity index (χ2n) is 8.64. The number of aliphatic hydroxyl groups is 1. The normalized spacial score (nSPS) is 36.7. The Morgan fingerprint density at radius 3 is 2.30 bits per heavy atom. The molecule has 4 bridgehead atoms. The molecule has 5 nitrogen and oxygen atoms in total. The molecule has 4 fully saturated rings. The molecule has 0 heterocycles. The van der Waals surface area contributed by atoms with Crippen molar-refractivity contribution >= 4 is 17.0 Å². The molecular weight excluding hydrogens is 392 g/mol. The third-order valence-electron chi connectivity index (χ3n) is 6.20. The van der Waals surface area contributed by atoms with Crippen molar-refractivity contribution < 1.29 is 41.0 Å². The lowest BCUT2D eigenvalue weighted by Gasteiger charge is -2.60. The van der Waals surface area contributed by atoms with Gasteiger partial charge in [-0.25, -0.2) is 0 Å². The van der Waals surface area contributed by atoms with Gasteiger partial charge in [0.25, 0.3) is 0 Å². The minimum Gasteiger partial charge on any atom is -0.768 e. The van der Waals surface area contributed by atoms with Gasteiger partial charge < -0.3 is 14.4 Å². The van der Waals surface area contributed by atoms with Crippen LogP contribution in [0.25, 0.3) is 0 Å². The number of carbonyl (C=O) groups excluding carboxylic acids is 1. The lowest BCUT2D eigenvalue weighted by Crippen LogP contribution is -2.56. The number of esters is 1. The zero-order chi connectivity index (χ0) is 20.1. The van der Waals surface area contributed by atoms with Crippen molar-refractivity contribution in [3.05, 3.63) is 0 Å². The molecule has 156 valence electrons. The smallest absolute Gasteiger partial charge is 0.371 e. The molecule has 1 N–H and O–H groups in total.